The number of nitrogens with one attached hydrogen (secondary N) is 1. The second kappa shape index (κ2) is 9.20. The highest BCUT2D eigenvalue weighted by Crippen LogP contribution is 2.37. The second-order valence-electron chi connectivity index (χ2n) is 8.82. The van der Waals surface area contributed by atoms with Gasteiger partial charge in [0.1, 0.15) is 0 Å². The molecule has 2 amide bonds. The molecule has 3 aromatic carbocycles. The van der Waals surface area contributed by atoms with E-state index in [-0.39, 0.29) is 11.8 Å². The summed E-state index contributed by atoms with van der Waals surface area (Å²) in [6.45, 7) is 1.70. The third kappa shape index (κ3) is 4.29. The lowest BCUT2D eigenvalue weighted by atomic mass is 9.73. The molecule has 2 aliphatic heterocycles. The number of fused-ring (bicyclic) bond motifs is 1. The van der Waals surface area contributed by atoms with Crippen molar-refractivity contribution in [2.75, 3.05) is 23.4 Å². The normalized spacial score (nSPS) is 17.3. The molecule has 0 unspecified atom stereocenters. The minimum absolute atomic E-state index is 0.00461. The topological polar surface area (TPSA) is 58.6 Å². The lowest BCUT2D eigenvalue weighted by molar-refractivity contribution is -0.125. The lowest BCUT2D eigenvalue weighted by Crippen LogP contribution is -2.44. The molecule has 0 radical (unpaired) electrons. The van der Waals surface area contributed by atoms with E-state index >= 15 is 0 Å². The molecule has 168 valence electrons. The molecule has 2 aliphatic rings. The van der Waals surface area contributed by atoms with Crippen molar-refractivity contribution in [2.24, 2.45) is 0 Å². The summed E-state index contributed by atoms with van der Waals surface area (Å²) in [4.78, 5) is 28.1. The monoisotopic (exact) mass is 440 g/mol. The van der Waals surface area contributed by atoms with Crippen LogP contribution in [0.25, 0.3) is 0 Å². The van der Waals surface area contributed by atoms with Gasteiger partial charge in [-0.1, -0.05) is 60.7 Å². The van der Waals surface area contributed by atoms with Gasteiger partial charge in [0.05, 0.1) is 12.0 Å². The molecule has 33 heavy (non-hydrogen) atoms. The average Bonchev–Trinajstić information content (AvgIpc) is 2.87. The number of anilines is 2. The first-order valence-corrected chi connectivity index (χ1v) is 11.6. The summed E-state index contributed by atoms with van der Waals surface area (Å²) in [5, 5.41) is 3.18. The van der Waals surface area contributed by atoms with E-state index in [0.29, 0.717) is 45.4 Å². The predicted molar refractivity (Wildman–Crippen MR) is 129 cm³/mol. The summed E-state index contributed by atoms with van der Waals surface area (Å²) in [5.74, 6) is 0.137. The molecule has 1 N–H and O–H groups in total. The number of carbonyl (C=O) groups is 2. The minimum Gasteiger partial charge on any atom is -0.381 e. The van der Waals surface area contributed by atoms with Gasteiger partial charge >= 0.3 is 0 Å². The Balaban J connectivity index is 1.40. The van der Waals surface area contributed by atoms with Gasteiger partial charge in [0.25, 0.3) is 0 Å². The van der Waals surface area contributed by atoms with Gasteiger partial charge in [-0.3, -0.25) is 9.59 Å². The van der Waals surface area contributed by atoms with Crippen molar-refractivity contribution in [3.05, 3.63) is 95.6 Å². The van der Waals surface area contributed by atoms with Crippen molar-refractivity contribution < 1.29 is 14.3 Å². The Labute approximate surface area is 194 Å². The van der Waals surface area contributed by atoms with Crippen molar-refractivity contribution in [3.8, 4) is 0 Å². The molecule has 2 heterocycles. The van der Waals surface area contributed by atoms with E-state index in [0.717, 1.165) is 28.1 Å². The number of hydrogen-bond donors (Lipinski definition) is 1. The van der Waals surface area contributed by atoms with Crippen LogP contribution in [0.15, 0.2) is 78.9 Å². The fraction of sp³-hybridized carbons (Fsp3) is 0.286. The molecule has 3 aromatic rings. The molecule has 0 spiro atoms. The van der Waals surface area contributed by atoms with Crippen LogP contribution in [0.1, 0.15) is 36.0 Å². The summed E-state index contributed by atoms with van der Waals surface area (Å²) in [5.41, 5.74) is 4.32. The maximum absolute atomic E-state index is 13.6. The maximum Gasteiger partial charge on any atom is 0.235 e. The zero-order valence-electron chi connectivity index (χ0n) is 18.6. The van der Waals surface area contributed by atoms with E-state index in [1.165, 1.54) is 0 Å². The molecule has 5 rings (SSSR count). The molecule has 0 atom stereocenters. The molecule has 5 nitrogen and oxygen atoms in total. The van der Waals surface area contributed by atoms with Crippen LogP contribution in [0.2, 0.25) is 0 Å². The fourth-order valence-corrected chi connectivity index (χ4v) is 4.95. The van der Waals surface area contributed by atoms with Gasteiger partial charge in [-0.25, -0.2) is 0 Å². The van der Waals surface area contributed by atoms with E-state index in [1.54, 1.807) is 0 Å². The molecule has 0 aromatic heterocycles. The van der Waals surface area contributed by atoms with Gasteiger partial charge in [-0.05, 0) is 54.2 Å². The van der Waals surface area contributed by atoms with Crippen molar-refractivity contribution in [1.29, 1.82) is 0 Å². The zero-order chi connectivity index (χ0) is 22.7. The second-order valence-corrected chi connectivity index (χ2v) is 8.82. The highest BCUT2D eigenvalue weighted by Gasteiger charge is 2.41. The summed E-state index contributed by atoms with van der Waals surface area (Å²) >= 11 is 0. The van der Waals surface area contributed by atoms with Gasteiger partial charge < -0.3 is 15.0 Å². The average molecular weight is 441 g/mol. The number of nitrogens with zero attached hydrogens (tertiary/aromatic N) is 1. The van der Waals surface area contributed by atoms with Gasteiger partial charge in [0, 0.05) is 31.0 Å². The zero-order valence-corrected chi connectivity index (χ0v) is 18.6. The number of rotatable bonds is 5. The van der Waals surface area contributed by atoms with E-state index in [1.807, 2.05) is 83.8 Å². The largest absolute Gasteiger partial charge is 0.381 e. The van der Waals surface area contributed by atoms with Crippen molar-refractivity contribution >= 4 is 23.2 Å². The SMILES string of the molecule is O=C1CCc2cc(NC(=O)C3(c4ccccc4)CCOCC3)ccc2N1Cc1ccccc1. The Morgan fingerprint density at radius 3 is 2.33 bits per heavy atom. The molecule has 1 fully saturated rings. The molecule has 5 heteroatoms. The molecule has 0 bridgehead atoms. The molecular weight excluding hydrogens is 412 g/mol. The Morgan fingerprint density at radius 1 is 0.909 bits per heavy atom. The van der Waals surface area contributed by atoms with E-state index in [4.69, 9.17) is 4.74 Å². The van der Waals surface area contributed by atoms with Crippen LogP contribution >= 0.6 is 0 Å². The van der Waals surface area contributed by atoms with Crippen molar-refractivity contribution in [1.82, 2.24) is 0 Å². The lowest BCUT2D eigenvalue weighted by Gasteiger charge is -2.36. The summed E-state index contributed by atoms with van der Waals surface area (Å²) in [6, 6.07) is 25.9. The quantitative estimate of drug-likeness (QED) is 0.617. The first-order chi connectivity index (χ1) is 16.2. The van der Waals surface area contributed by atoms with E-state index < -0.39 is 5.41 Å². The van der Waals surface area contributed by atoms with Crippen LogP contribution < -0.4 is 10.2 Å². The standard InChI is InChI=1S/C28H28N2O3/c31-26-14-11-22-19-24(12-13-25(22)30(26)20-21-7-3-1-4-8-21)29-27(32)28(15-17-33-18-16-28)23-9-5-2-6-10-23/h1-10,12-13,19H,11,14-18,20H2,(H,29,32). The molecular formula is C28H28N2O3. The smallest absolute Gasteiger partial charge is 0.235 e. The number of ether oxygens (including phenoxy) is 1. The van der Waals surface area contributed by atoms with Crippen LogP contribution in [0.3, 0.4) is 0 Å². The van der Waals surface area contributed by atoms with Gasteiger partial charge in [-0.15, -0.1) is 0 Å². The molecule has 0 saturated carbocycles. The predicted octanol–water partition coefficient (Wildman–Crippen LogP) is 4.85. The Morgan fingerprint density at radius 2 is 1.61 bits per heavy atom. The van der Waals surface area contributed by atoms with Crippen LogP contribution in [0, 0.1) is 0 Å². The number of benzene rings is 3. The minimum atomic E-state index is -0.593. The Bertz CT molecular complexity index is 1140. The Hall–Kier alpha value is -3.44. The summed E-state index contributed by atoms with van der Waals surface area (Å²) in [7, 11) is 0. The van der Waals surface area contributed by atoms with Gasteiger partial charge in [0.2, 0.25) is 11.8 Å². The number of aryl methyl sites for hydroxylation is 1. The summed E-state index contributed by atoms with van der Waals surface area (Å²) < 4.78 is 5.57. The first-order valence-electron chi connectivity index (χ1n) is 11.6. The fourth-order valence-electron chi connectivity index (χ4n) is 4.95. The van der Waals surface area contributed by atoms with Crippen LogP contribution in [0.5, 0.6) is 0 Å². The van der Waals surface area contributed by atoms with E-state index in [2.05, 4.69) is 5.32 Å². The number of carbonyl (C=O) groups excluding carboxylic acids is 2. The van der Waals surface area contributed by atoms with Crippen LogP contribution in [-0.2, 0) is 32.7 Å². The van der Waals surface area contributed by atoms with E-state index in [9.17, 15) is 9.59 Å². The van der Waals surface area contributed by atoms with Crippen LogP contribution in [-0.4, -0.2) is 25.0 Å². The molecule has 1 saturated heterocycles. The third-order valence-electron chi connectivity index (χ3n) is 6.83. The van der Waals surface area contributed by atoms with Crippen molar-refractivity contribution in [3.63, 3.8) is 0 Å². The third-order valence-corrected chi connectivity index (χ3v) is 6.83. The first kappa shape index (κ1) is 21.4. The van der Waals surface area contributed by atoms with Gasteiger partial charge in [-0.2, -0.15) is 0 Å². The number of amides is 2. The maximum atomic E-state index is 13.6. The van der Waals surface area contributed by atoms with Crippen molar-refractivity contribution in [2.45, 2.75) is 37.6 Å². The summed E-state index contributed by atoms with van der Waals surface area (Å²) in [6.07, 6.45) is 2.48. The highest BCUT2D eigenvalue weighted by atomic mass is 16.5. The number of hydrogen-bond acceptors (Lipinski definition) is 3. The van der Waals surface area contributed by atoms with Gasteiger partial charge in [0.15, 0.2) is 0 Å². The Kier molecular flexibility index (Phi) is 5.97. The van der Waals surface area contributed by atoms with Crippen LogP contribution in [0.4, 0.5) is 11.4 Å². The highest BCUT2D eigenvalue weighted by molar-refractivity contribution is 6.00. The molecule has 0 aliphatic carbocycles.